The predicted octanol–water partition coefficient (Wildman–Crippen LogP) is 8.49. The van der Waals surface area contributed by atoms with Crippen LogP contribution in [0.25, 0.3) is 17.2 Å². The molecule has 0 amide bonds. The highest BCUT2D eigenvalue weighted by atomic mass is 19.4. The maximum absolute atomic E-state index is 14.6. The van der Waals surface area contributed by atoms with E-state index in [0.717, 1.165) is 33.9 Å². The lowest BCUT2D eigenvalue weighted by atomic mass is 9.85. The third-order valence-corrected chi connectivity index (χ3v) is 7.17. The normalized spacial score (nSPS) is 16.3. The third kappa shape index (κ3) is 5.58. The molecule has 0 radical (unpaired) electrons. The van der Waals surface area contributed by atoms with E-state index in [1.165, 1.54) is 12.1 Å². The summed E-state index contributed by atoms with van der Waals surface area (Å²) in [5, 5.41) is 0. The fourth-order valence-electron chi connectivity index (χ4n) is 5.43. The van der Waals surface area contributed by atoms with Crippen LogP contribution >= 0.6 is 0 Å². The minimum atomic E-state index is -4.83. The Hall–Kier alpha value is -3.32. The standard InChI is InChI=1S/C31H27F6N/c32-27-10-4-9-26(30(27)31(35,36)37)25-8-3-6-22-5-1-2-7-24(22)29(25)23-13-11-20(12-14-23)17-21-18-38(19-21)16-15-28(33)34/h1-2,4-5,7,9-14,17,28H,3,6,8,15-16,18-19H2. The Balaban J connectivity index is 1.54. The summed E-state index contributed by atoms with van der Waals surface area (Å²) in [5.74, 6) is -1.27. The van der Waals surface area contributed by atoms with Crippen molar-refractivity contribution in [2.24, 2.45) is 0 Å². The number of fused-ring (bicyclic) bond motifs is 1. The quantitative estimate of drug-likeness (QED) is 0.291. The van der Waals surface area contributed by atoms with E-state index in [4.69, 9.17) is 0 Å². The van der Waals surface area contributed by atoms with Crippen molar-refractivity contribution in [1.29, 1.82) is 0 Å². The topological polar surface area (TPSA) is 3.24 Å². The van der Waals surface area contributed by atoms with Gasteiger partial charge < -0.3 is 0 Å². The monoisotopic (exact) mass is 527 g/mol. The molecule has 5 rings (SSSR count). The number of aryl methyl sites for hydroxylation is 1. The number of hydrogen-bond acceptors (Lipinski definition) is 1. The Labute approximate surface area is 218 Å². The Morgan fingerprint density at radius 2 is 1.55 bits per heavy atom. The lowest BCUT2D eigenvalue weighted by molar-refractivity contribution is -0.140. The third-order valence-electron chi connectivity index (χ3n) is 7.17. The number of allylic oxidation sites excluding steroid dienone is 1. The molecule has 198 valence electrons. The van der Waals surface area contributed by atoms with E-state index in [0.29, 0.717) is 50.0 Å². The van der Waals surface area contributed by atoms with E-state index in [9.17, 15) is 26.3 Å². The van der Waals surface area contributed by atoms with Crippen LogP contribution in [0.1, 0.15) is 52.6 Å². The molecule has 1 nitrogen and oxygen atoms in total. The maximum Gasteiger partial charge on any atom is 0.419 e. The maximum atomic E-state index is 14.6. The van der Waals surface area contributed by atoms with Gasteiger partial charge in [-0.2, -0.15) is 13.2 Å². The summed E-state index contributed by atoms with van der Waals surface area (Å²) in [4.78, 5) is 1.96. The lowest BCUT2D eigenvalue weighted by Crippen LogP contribution is -2.40. The molecule has 0 N–H and O–H groups in total. The van der Waals surface area contributed by atoms with Gasteiger partial charge in [0.15, 0.2) is 0 Å². The largest absolute Gasteiger partial charge is 0.419 e. The van der Waals surface area contributed by atoms with Crippen molar-refractivity contribution in [2.75, 3.05) is 19.6 Å². The van der Waals surface area contributed by atoms with E-state index in [2.05, 4.69) is 0 Å². The first-order valence-corrected chi connectivity index (χ1v) is 12.7. The van der Waals surface area contributed by atoms with Crippen LogP contribution in [0.3, 0.4) is 0 Å². The average molecular weight is 528 g/mol. The molecule has 0 saturated carbocycles. The molecule has 0 bridgehead atoms. The number of benzene rings is 3. The molecule has 1 aliphatic carbocycles. The van der Waals surface area contributed by atoms with Gasteiger partial charge in [0.2, 0.25) is 6.43 Å². The van der Waals surface area contributed by atoms with E-state index in [-0.39, 0.29) is 12.0 Å². The molecule has 1 fully saturated rings. The summed E-state index contributed by atoms with van der Waals surface area (Å²) in [5.41, 5.74) is 4.58. The highest BCUT2D eigenvalue weighted by molar-refractivity contribution is 6.00. The molecule has 1 aliphatic heterocycles. The van der Waals surface area contributed by atoms with Gasteiger partial charge in [0.1, 0.15) is 5.82 Å². The van der Waals surface area contributed by atoms with Crippen LogP contribution in [-0.2, 0) is 12.6 Å². The van der Waals surface area contributed by atoms with E-state index >= 15 is 0 Å². The number of halogens is 6. The van der Waals surface area contributed by atoms with Crippen molar-refractivity contribution in [3.05, 3.63) is 112 Å². The van der Waals surface area contributed by atoms with Gasteiger partial charge >= 0.3 is 6.18 Å². The van der Waals surface area contributed by atoms with Crippen molar-refractivity contribution in [2.45, 2.75) is 38.3 Å². The molecule has 3 aromatic rings. The van der Waals surface area contributed by atoms with E-state index < -0.39 is 24.0 Å². The van der Waals surface area contributed by atoms with Gasteiger partial charge in [-0.25, -0.2) is 13.2 Å². The number of rotatable bonds is 6. The fourth-order valence-corrected chi connectivity index (χ4v) is 5.43. The first-order chi connectivity index (χ1) is 18.2. The van der Waals surface area contributed by atoms with Gasteiger partial charge in [-0.05, 0) is 69.9 Å². The smallest absolute Gasteiger partial charge is 0.295 e. The summed E-state index contributed by atoms with van der Waals surface area (Å²) in [6.45, 7) is 1.66. The zero-order valence-electron chi connectivity index (χ0n) is 20.7. The number of nitrogens with zero attached hydrogens (tertiary/aromatic N) is 1. The SMILES string of the molecule is Fc1cccc(C2=C(c3ccc(C=C4CN(CCC(F)F)C4)cc3)c3ccccc3CCC2)c1C(F)(F)F. The summed E-state index contributed by atoms with van der Waals surface area (Å²) in [7, 11) is 0. The molecular weight excluding hydrogens is 500 g/mol. The average Bonchev–Trinajstić information content (AvgIpc) is 3.04. The van der Waals surface area contributed by atoms with Crippen LogP contribution in [0.15, 0.2) is 72.3 Å². The molecule has 1 heterocycles. The van der Waals surface area contributed by atoms with Gasteiger partial charge in [-0.15, -0.1) is 0 Å². The van der Waals surface area contributed by atoms with Gasteiger partial charge in [-0.1, -0.05) is 66.7 Å². The lowest BCUT2D eigenvalue weighted by Gasteiger charge is -2.34. The van der Waals surface area contributed by atoms with Gasteiger partial charge in [0.05, 0.1) is 5.56 Å². The number of hydrogen-bond donors (Lipinski definition) is 0. The molecule has 3 aromatic carbocycles. The summed E-state index contributed by atoms with van der Waals surface area (Å²) >= 11 is 0. The second-order valence-corrected chi connectivity index (χ2v) is 9.84. The van der Waals surface area contributed by atoms with Crippen molar-refractivity contribution in [3.63, 3.8) is 0 Å². The minimum absolute atomic E-state index is 0.117. The van der Waals surface area contributed by atoms with Crippen molar-refractivity contribution in [3.8, 4) is 0 Å². The van der Waals surface area contributed by atoms with Gasteiger partial charge in [-0.3, -0.25) is 4.90 Å². The van der Waals surface area contributed by atoms with Crippen LogP contribution in [-0.4, -0.2) is 31.0 Å². The molecular formula is C31H27F6N. The van der Waals surface area contributed by atoms with Crippen molar-refractivity contribution in [1.82, 2.24) is 4.90 Å². The second kappa shape index (κ2) is 10.8. The summed E-state index contributed by atoms with van der Waals surface area (Å²) in [6.07, 6.45) is -3.50. The molecule has 0 spiro atoms. The Morgan fingerprint density at radius 1 is 0.842 bits per heavy atom. The second-order valence-electron chi connectivity index (χ2n) is 9.84. The van der Waals surface area contributed by atoms with Crippen LogP contribution in [0.2, 0.25) is 0 Å². The van der Waals surface area contributed by atoms with E-state index in [1.54, 1.807) is 0 Å². The molecule has 1 saturated heterocycles. The fraction of sp³-hybridized carbons (Fsp3) is 0.290. The first kappa shape index (κ1) is 26.3. The molecule has 0 atom stereocenters. The first-order valence-electron chi connectivity index (χ1n) is 12.7. The van der Waals surface area contributed by atoms with Crippen molar-refractivity contribution < 1.29 is 26.3 Å². The molecule has 7 heteroatoms. The van der Waals surface area contributed by atoms with Gasteiger partial charge in [0, 0.05) is 26.1 Å². The van der Waals surface area contributed by atoms with E-state index in [1.807, 2.05) is 59.5 Å². The zero-order valence-corrected chi connectivity index (χ0v) is 20.7. The molecule has 38 heavy (non-hydrogen) atoms. The van der Waals surface area contributed by atoms with Gasteiger partial charge in [0.25, 0.3) is 0 Å². The molecule has 2 aliphatic rings. The van der Waals surface area contributed by atoms with Crippen LogP contribution < -0.4 is 0 Å². The molecule has 0 aromatic heterocycles. The Kier molecular flexibility index (Phi) is 7.48. The van der Waals surface area contributed by atoms with Crippen LogP contribution in [0, 0.1) is 5.82 Å². The number of alkyl halides is 5. The Bertz CT molecular complexity index is 1360. The predicted molar refractivity (Wildman–Crippen MR) is 138 cm³/mol. The Morgan fingerprint density at radius 3 is 2.26 bits per heavy atom. The highest BCUT2D eigenvalue weighted by Gasteiger charge is 2.38. The van der Waals surface area contributed by atoms with Crippen LogP contribution in [0.4, 0.5) is 26.3 Å². The van der Waals surface area contributed by atoms with Crippen molar-refractivity contribution >= 4 is 17.2 Å². The summed E-state index contributed by atoms with van der Waals surface area (Å²) < 4.78 is 81.4. The minimum Gasteiger partial charge on any atom is -0.295 e. The summed E-state index contributed by atoms with van der Waals surface area (Å²) in [6, 6.07) is 18.9. The molecule has 0 unspecified atom stereocenters. The van der Waals surface area contributed by atoms with Crippen LogP contribution in [0.5, 0.6) is 0 Å². The zero-order chi connectivity index (χ0) is 26.9. The highest BCUT2D eigenvalue weighted by Crippen LogP contribution is 2.44. The number of likely N-dealkylation sites (tertiary alicyclic amines) is 1.